The Morgan fingerprint density at radius 2 is 1.62 bits per heavy atom. The molecule has 2 fully saturated rings. The highest BCUT2D eigenvalue weighted by atomic mass is 19.1. The summed E-state index contributed by atoms with van der Waals surface area (Å²) in [6, 6.07) is 10.0. The van der Waals surface area contributed by atoms with Gasteiger partial charge < -0.3 is 19.9 Å². The zero-order valence-corrected chi connectivity index (χ0v) is 28.5. The number of likely N-dealkylation sites (N-methyl/N-ethyl adjacent to an activating group) is 2. The first-order chi connectivity index (χ1) is 21.8. The summed E-state index contributed by atoms with van der Waals surface area (Å²) in [6.07, 6.45) is 3.10. The molecule has 9 nitrogen and oxygen atoms in total. The number of amides is 1. The van der Waals surface area contributed by atoms with Crippen molar-refractivity contribution in [1.29, 1.82) is 0 Å². The predicted molar refractivity (Wildman–Crippen MR) is 183 cm³/mol. The predicted octanol–water partition coefficient (Wildman–Crippen LogP) is 6.35. The number of nitrogens with one attached hydrogen (secondary N) is 2. The summed E-state index contributed by atoms with van der Waals surface area (Å²) in [7, 11) is 4.35. The van der Waals surface area contributed by atoms with Crippen LogP contribution in [0, 0.1) is 12.7 Å². The van der Waals surface area contributed by atoms with Crippen LogP contribution in [0.4, 0.5) is 10.1 Å². The quantitative estimate of drug-likeness (QED) is 0.282. The topological polar surface area (TPSA) is 93.8 Å². The lowest BCUT2D eigenvalue weighted by molar-refractivity contribution is -0.114. The van der Waals surface area contributed by atoms with Gasteiger partial charge in [0.05, 0.1) is 11.3 Å². The van der Waals surface area contributed by atoms with Gasteiger partial charge in [0.15, 0.2) is 17.9 Å². The zero-order chi connectivity index (χ0) is 33.4. The van der Waals surface area contributed by atoms with Gasteiger partial charge in [0, 0.05) is 56.5 Å². The van der Waals surface area contributed by atoms with Gasteiger partial charge in [-0.2, -0.15) is 5.10 Å². The molecule has 1 aromatic heterocycles. The number of aromatic amines is 1. The molecule has 2 aliphatic heterocycles. The molecule has 3 heterocycles. The molecule has 0 atom stereocenters. The van der Waals surface area contributed by atoms with Crippen molar-refractivity contribution >= 4 is 17.9 Å². The maximum absolute atomic E-state index is 14.7. The maximum Gasteiger partial charge on any atom is 0.221 e. The van der Waals surface area contributed by atoms with Gasteiger partial charge >= 0.3 is 0 Å². The van der Waals surface area contributed by atoms with Crippen LogP contribution in [0.15, 0.2) is 36.4 Å². The molecule has 0 unspecified atom stereocenters. The first kappa shape index (κ1) is 37.6. The van der Waals surface area contributed by atoms with E-state index in [9.17, 15) is 14.0 Å². The van der Waals surface area contributed by atoms with Crippen LogP contribution < -0.4 is 10.1 Å². The third-order valence-corrected chi connectivity index (χ3v) is 7.63. The molecule has 2 saturated heterocycles. The number of aromatic nitrogens is 2. The molecule has 0 spiro atoms. The number of anilines is 1. The van der Waals surface area contributed by atoms with Crippen LogP contribution >= 0.6 is 0 Å². The lowest BCUT2D eigenvalue weighted by Crippen LogP contribution is -2.42. The van der Waals surface area contributed by atoms with E-state index in [0.717, 1.165) is 30.8 Å². The number of carbonyl (C=O) groups excluding carboxylic acids is 2. The van der Waals surface area contributed by atoms with E-state index in [2.05, 4.69) is 44.3 Å². The molecular weight excluding hydrogens is 571 g/mol. The summed E-state index contributed by atoms with van der Waals surface area (Å²) >= 11 is 0. The van der Waals surface area contributed by atoms with Gasteiger partial charge in [0.25, 0.3) is 0 Å². The third kappa shape index (κ3) is 11.1. The zero-order valence-electron chi connectivity index (χ0n) is 28.5. The van der Waals surface area contributed by atoms with Crippen molar-refractivity contribution in [2.45, 2.75) is 54.4 Å². The van der Waals surface area contributed by atoms with E-state index in [1.54, 1.807) is 24.3 Å². The molecule has 2 aromatic carbocycles. The monoisotopic (exact) mass is 624 g/mol. The molecule has 0 bridgehead atoms. The van der Waals surface area contributed by atoms with Crippen molar-refractivity contribution in [3.63, 3.8) is 0 Å². The second-order valence-corrected chi connectivity index (χ2v) is 10.8. The molecule has 2 N–H and O–H groups in total. The van der Waals surface area contributed by atoms with Crippen molar-refractivity contribution in [3.8, 4) is 28.3 Å². The van der Waals surface area contributed by atoms with Crippen LogP contribution in [-0.4, -0.2) is 104 Å². The number of hydrogen-bond donors (Lipinski definition) is 2. The summed E-state index contributed by atoms with van der Waals surface area (Å²) in [6.45, 7) is 19.5. The third-order valence-electron chi connectivity index (χ3n) is 7.63. The van der Waals surface area contributed by atoms with Gasteiger partial charge in [-0.1, -0.05) is 39.8 Å². The summed E-state index contributed by atoms with van der Waals surface area (Å²) in [5.74, 6) is -0.506. The number of aldehydes is 1. The van der Waals surface area contributed by atoms with E-state index in [-0.39, 0.29) is 11.7 Å². The van der Waals surface area contributed by atoms with Crippen molar-refractivity contribution in [2.24, 2.45) is 0 Å². The number of piperazine rings is 1. The fraction of sp³-hybridized carbons (Fsp3) is 0.514. The van der Waals surface area contributed by atoms with Crippen LogP contribution in [0.3, 0.4) is 0 Å². The van der Waals surface area contributed by atoms with Crippen LogP contribution in [0.1, 0.15) is 63.4 Å². The van der Waals surface area contributed by atoms with Crippen LogP contribution in [-0.2, 0) is 4.79 Å². The molecule has 45 heavy (non-hydrogen) atoms. The second-order valence-electron chi connectivity index (χ2n) is 10.8. The Morgan fingerprint density at radius 1 is 1.00 bits per heavy atom. The Balaban J connectivity index is 0.000000500. The van der Waals surface area contributed by atoms with Gasteiger partial charge in [0.2, 0.25) is 5.91 Å². The van der Waals surface area contributed by atoms with Crippen LogP contribution in [0.25, 0.3) is 22.5 Å². The van der Waals surface area contributed by atoms with Gasteiger partial charge in [-0.25, -0.2) is 4.39 Å². The van der Waals surface area contributed by atoms with E-state index >= 15 is 0 Å². The number of benzene rings is 2. The Kier molecular flexibility index (Phi) is 16.5. The number of ether oxygens (including phenoxy) is 1. The highest BCUT2D eigenvalue weighted by Gasteiger charge is 2.20. The number of carbonyl (C=O) groups is 2. The molecule has 2 aliphatic rings. The number of likely N-dealkylation sites (tertiary alicyclic amines) is 1. The summed E-state index contributed by atoms with van der Waals surface area (Å²) < 4.78 is 20.4. The normalized spacial score (nSPS) is 15.0. The first-order valence-corrected chi connectivity index (χ1v) is 16.2. The average Bonchev–Trinajstić information content (AvgIpc) is 3.73. The smallest absolute Gasteiger partial charge is 0.221 e. The number of rotatable bonds is 8. The van der Waals surface area contributed by atoms with Crippen LogP contribution in [0.5, 0.6) is 5.75 Å². The fourth-order valence-corrected chi connectivity index (χ4v) is 5.08. The molecule has 0 aliphatic carbocycles. The fourth-order valence-electron chi connectivity index (χ4n) is 5.08. The van der Waals surface area contributed by atoms with E-state index < -0.39 is 5.82 Å². The summed E-state index contributed by atoms with van der Waals surface area (Å²) in [5, 5.41) is 9.98. The summed E-state index contributed by atoms with van der Waals surface area (Å²) in [4.78, 5) is 30.5. The average molecular weight is 625 g/mol. The van der Waals surface area contributed by atoms with Gasteiger partial charge in [-0.3, -0.25) is 19.6 Å². The minimum absolute atomic E-state index is 0.181. The Labute approximate surface area is 269 Å². The molecule has 3 aromatic rings. The number of H-pyrrole nitrogens is 1. The van der Waals surface area contributed by atoms with E-state index in [4.69, 9.17) is 4.74 Å². The lowest BCUT2D eigenvalue weighted by atomic mass is 9.98. The Hall–Kier alpha value is -3.60. The molecule has 10 heteroatoms. The van der Waals surface area contributed by atoms with Crippen molar-refractivity contribution in [2.75, 3.05) is 71.8 Å². The van der Waals surface area contributed by atoms with Gasteiger partial charge in [-0.05, 0) is 76.8 Å². The molecule has 248 valence electrons. The SMILES string of the molecule is CC.CC.CC(=O)Nc1cccc(-c2[nH]nc(-c3ccc(OCCN4CCCC4)c(F)c3)c2C=O)c1C.CN1CCN(C)CC1. The Bertz CT molecular complexity index is 1320. The lowest BCUT2D eigenvalue weighted by Gasteiger charge is -2.28. The van der Waals surface area contributed by atoms with Crippen molar-refractivity contribution < 1.29 is 18.7 Å². The Morgan fingerprint density at radius 3 is 2.18 bits per heavy atom. The largest absolute Gasteiger partial charge is 0.489 e. The van der Waals surface area contributed by atoms with E-state index in [1.807, 2.05) is 40.7 Å². The van der Waals surface area contributed by atoms with E-state index in [0.29, 0.717) is 41.1 Å². The number of hydrogen-bond acceptors (Lipinski definition) is 7. The summed E-state index contributed by atoms with van der Waals surface area (Å²) in [5.41, 5.74) is 3.82. The van der Waals surface area contributed by atoms with Gasteiger partial charge in [-0.15, -0.1) is 0 Å². The molecule has 1 amide bonds. The minimum Gasteiger partial charge on any atom is -0.489 e. The number of halogens is 1. The van der Waals surface area contributed by atoms with Gasteiger partial charge in [0.1, 0.15) is 12.3 Å². The minimum atomic E-state index is -0.501. The highest BCUT2D eigenvalue weighted by molar-refractivity contribution is 5.96. The molecular formula is C35H53FN6O3. The maximum atomic E-state index is 14.7. The highest BCUT2D eigenvalue weighted by Crippen LogP contribution is 2.34. The van der Waals surface area contributed by atoms with Crippen molar-refractivity contribution in [1.82, 2.24) is 24.9 Å². The molecule has 0 saturated carbocycles. The molecule has 5 rings (SSSR count). The second kappa shape index (κ2) is 19.7. The first-order valence-electron chi connectivity index (χ1n) is 16.2. The molecule has 0 radical (unpaired) electrons. The van der Waals surface area contributed by atoms with Crippen LogP contribution in [0.2, 0.25) is 0 Å². The van der Waals surface area contributed by atoms with Crippen molar-refractivity contribution in [3.05, 3.63) is 53.3 Å². The number of nitrogens with zero attached hydrogens (tertiary/aromatic N) is 4. The van der Waals surface area contributed by atoms with E-state index in [1.165, 1.54) is 52.0 Å². The standard InChI is InChI=1S/C25H27FN4O3.C6H14N2.2C2H6/c1-16-19(6-5-7-22(16)27-17(2)32)25-20(15-31)24(28-29-25)18-8-9-23(21(26)14-18)33-13-12-30-10-3-4-11-30;1-7-3-5-8(2)6-4-7;2*1-2/h5-9,14-15H,3-4,10-13H2,1-2H3,(H,27,32)(H,28,29);3-6H2,1-2H3;2*1-2H3.